The van der Waals surface area contributed by atoms with Crippen LogP contribution in [0.2, 0.25) is 0 Å². The van der Waals surface area contributed by atoms with E-state index in [0.717, 1.165) is 24.3 Å². The smallest absolute Gasteiger partial charge is 0.185 e. The van der Waals surface area contributed by atoms with Gasteiger partial charge in [0.25, 0.3) is 0 Å². The second kappa shape index (κ2) is 9.09. The predicted molar refractivity (Wildman–Crippen MR) is 102 cm³/mol. The summed E-state index contributed by atoms with van der Waals surface area (Å²) in [6.07, 6.45) is 6.82. The molecule has 0 atom stereocenters. The summed E-state index contributed by atoms with van der Waals surface area (Å²) in [5, 5.41) is 0. The molecule has 0 bridgehead atoms. The molecule has 2 aromatic carbocycles. The molecule has 1 aliphatic heterocycles. The van der Waals surface area contributed by atoms with Crippen molar-refractivity contribution >= 4 is 11.9 Å². The number of hydrogen-bond acceptors (Lipinski definition) is 4. The maximum absolute atomic E-state index is 12.4. The fourth-order valence-electron chi connectivity index (χ4n) is 2.68. The summed E-state index contributed by atoms with van der Waals surface area (Å²) < 4.78 is 16.7. The van der Waals surface area contributed by atoms with E-state index in [-0.39, 0.29) is 5.78 Å². The number of carbonyl (C=O) groups is 1. The maximum Gasteiger partial charge on any atom is 0.185 e. The van der Waals surface area contributed by atoms with Crippen molar-refractivity contribution < 1.29 is 19.0 Å². The molecule has 0 aliphatic carbocycles. The van der Waals surface area contributed by atoms with E-state index in [1.54, 1.807) is 30.4 Å². The zero-order valence-corrected chi connectivity index (χ0v) is 15.1. The first-order valence-corrected chi connectivity index (χ1v) is 9.11. The first-order valence-electron chi connectivity index (χ1n) is 9.11. The van der Waals surface area contributed by atoms with E-state index in [4.69, 9.17) is 14.2 Å². The molecule has 26 heavy (non-hydrogen) atoms. The molecule has 0 radical (unpaired) electrons. The summed E-state index contributed by atoms with van der Waals surface area (Å²) in [4.78, 5) is 12.4. The van der Waals surface area contributed by atoms with Gasteiger partial charge < -0.3 is 14.2 Å². The van der Waals surface area contributed by atoms with Crippen LogP contribution in [0.3, 0.4) is 0 Å². The Labute approximate surface area is 154 Å². The molecule has 0 fully saturated rings. The minimum Gasteiger partial charge on any atom is -0.494 e. The van der Waals surface area contributed by atoms with E-state index in [1.165, 1.54) is 12.8 Å². The van der Waals surface area contributed by atoms with E-state index in [0.29, 0.717) is 30.3 Å². The monoisotopic (exact) mass is 352 g/mol. The third kappa shape index (κ3) is 4.88. The molecule has 0 N–H and O–H groups in total. The lowest BCUT2D eigenvalue weighted by molar-refractivity contribution is 0.104. The molecule has 0 saturated heterocycles. The number of rotatable bonds is 8. The Morgan fingerprint density at radius 3 is 2.58 bits per heavy atom. The van der Waals surface area contributed by atoms with Crippen molar-refractivity contribution in [2.75, 3.05) is 19.8 Å². The van der Waals surface area contributed by atoms with E-state index in [1.807, 2.05) is 24.3 Å². The van der Waals surface area contributed by atoms with Crippen LogP contribution < -0.4 is 14.2 Å². The van der Waals surface area contributed by atoms with Crippen molar-refractivity contribution in [3.05, 3.63) is 59.7 Å². The van der Waals surface area contributed by atoms with E-state index >= 15 is 0 Å². The van der Waals surface area contributed by atoms with Gasteiger partial charge in [-0.05, 0) is 48.4 Å². The Bertz CT molecular complexity index is 762. The molecule has 4 heteroatoms. The zero-order valence-electron chi connectivity index (χ0n) is 15.1. The van der Waals surface area contributed by atoms with Crippen LogP contribution in [-0.4, -0.2) is 25.6 Å². The van der Waals surface area contributed by atoms with Crippen molar-refractivity contribution in [1.82, 2.24) is 0 Å². The molecular formula is C22H24O4. The van der Waals surface area contributed by atoms with Gasteiger partial charge in [-0.15, -0.1) is 0 Å². The highest BCUT2D eigenvalue weighted by Gasteiger charge is 2.13. The highest BCUT2D eigenvalue weighted by Crippen LogP contribution is 2.31. The third-order valence-corrected chi connectivity index (χ3v) is 4.15. The molecule has 0 spiro atoms. The van der Waals surface area contributed by atoms with Crippen LogP contribution in [0.15, 0.2) is 48.5 Å². The summed E-state index contributed by atoms with van der Waals surface area (Å²) in [7, 11) is 0. The van der Waals surface area contributed by atoms with Gasteiger partial charge in [0.1, 0.15) is 19.0 Å². The summed E-state index contributed by atoms with van der Waals surface area (Å²) in [6, 6.07) is 13.0. The maximum atomic E-state index is 12.4. The molecular weight excluding hydrogens is 328 g/mol. The lowest BCUT2D eigenvalue weighted by atomic mass is 10.1. The summed E-state index contributed by atoms with van der Waals surface area (Å²) in [5.41, 5.74) is 1.54. The van der Waals surface area contributed by atoms with Crippen LogP contribution in [0.1, 0.15) is 42.1 Å². The van der Waals surface area contributed by atoms with E-state index < -0.39 is 0 Å². The Morgan fingerprint density at radius 2 is 1.81 bits per heavy atom. The van der Waals surface area contributed by atoms with Gasteiger partial charge in [-0.25, -0.2) is 0 Å². The molecule has 136 valence electrons. The fourth-order valence-corrected chi connectivity index (χ4v) is 2.68. The van der Waals surface area contributed by atoms with Gasteiger partial charge in [0.15, 0.2) is 17.3 Å². The van der Waals surface area contributed by atoms with Crippen molar-refractivity contribution in [1.29, 1.82) is 0 Å². The lowest BCUT2D eigenvalue weighted by Crippen LogP contribution is -2.15. The molecule has 1 aliphatic rings. The first-order chi connectivity index (χ1) is 12.8. The van der Waals surface area contributed by atoms with Crippen LogP contribution in [0.5, 0.6) is 17.2 Å². The average molecular weight is 352 g/mol. The van der Waals surface area contributed by atoms with Crippen molar-refractivity contribution in [2.45, 2.75) is 26.2 Å². The number of allylic oxidation sites excluding steroid dienone is 1. The van der Waals surface area contributed by atoms with Gasteiger partial charge in [0, 0.05) is 5.56 Å². The van der Waals surface area contributed by atoms with Crippen molar-refractivity contribution in [3.8, 4) is 17.2 Å². The number of hydrogen-bond donors (Lipinski definition) is 0. The zero-order chi connectivity index (χ0) is 18.2. The minimum absolute atomic E-state index is 0.0677. The molecule has 2 aromatic rings. The highest BCUT2D eigenvalue weighted by molar-refractivity contribution is 6.07. The minimum atomic E-state index is -0.0677. The standard InChI is InChI=1S/C22H24O4/c1-2-3-4-13-24-19-9-5-17(6-10-19)7-11-20(23)18-8-12-21-22(16-18)26-15-14-25-21/h5-12,16H,2-4,13-15H2,1H3/b11-7+. The van der Waals surface area contributed by atoms with Crippen molar-refractivity contribution in [3.63, 3.8) is 0 Å². The largest absolute Gasteiger partial charge is 0.494 e. The molecule has 0 aromatic heterocycles. The number of benzene rings is 2. The molecule has 0 amide bonds. The van der Waals surface area contributed by atoms with E-state index in [2.05, 4.69) is 6.92 Å². The second-order valence-corrected chi connectivity index (χ2v) is 6.18. The van der Waals surface area contributed by atoms with Crippen LogP contribution >= 0.6 is 0 Å². The van der Waals surface area contributed by atoms with Gasteiger partial charge in [-0.1, -0.05) is 38.0 Å². The Morgan fingerprint density at radius 1 is 1.04 bits per heavy atom. The normalized spacial score (nSPS) is 13.0. The van der Waals surface area contributed by atoms with E-state index in [9.17, 15) is 4.79 Å². The Balaban J connectivity index is 1.58. The number of carbonyl (C=O) groups excluding carboxylic acids is 1. The summed E-state index contributed by atoms with van der Waals surface area (Å²) >= 11 is 0. The van der Waals surface area contributed by atoms with Gasteiger partial charge in [-0.3, -0.25) is 4.79 Å². The number of unbranched alkanes of at least 4 members (excludes halogenated alkanes) is 2. The summed E-state index contributed by atoms with van der Waals surface area (Å²) in [5.74, 6) is 2.10. The van der Waals surface area contributed by atoms with Crippen LogP contribution in [-0.2, 0) is 0 Å². The quantitative estimate of drug-likeness (QED) is 0.384. The van der Waals surface area contributed by atoms with Gasteiger partial charge in [0.2, 0.25) is 0 Å². The van der Waals surface area contributed by atoms with Crippen LogP contribution in [0.4, 0.5) is 0 Å². The third-order valence-electron chi connectivity index (χ3n) is 4.15. The second-order valence-electron chi connectivity index (χ2n) is 6.18. The van der Waals surface area contributed by atoms with Gasteiger partial charge in [0.05, 0.1) is 6.61 Å². The van der Waals surface area contributed by atoms with Crippen LogP contribution in [0, 0.1) is 0 Å². The number of ketones is 1. The molecule has 1 heterocycles. The molecule has 3 rings (SSSR count). The van der Waals surface area contributed by atoms with Gasteiger partial charge in [-0.2, -0.15) is 0 Å². The number of fused-ring (bicyclic) bond motifs is 1. The van der Waals surface area contributed by atoms with Crippen LogP contribution in [0.25, 0.3) is 6.08 Å². The molecule has 0 unspecified atom stereocenters. The topological polar surface area (TPSA) is 44.8 Å². The van der Waals surface area contributed by atoms with Crippen molar-refractivity contribution in [2.24, 2.45) is 0 Å². The average Bonchev–Trinajstić information content (AvgIpc) is 2.70. The summed E-state index contributed by atoms with van der Waals surface area (Å²) in [6.45, 7) is 3.96. The highest BCUT2D eigenvalue weighted by atomic mass is 16.6. The Kier molecular flexibility index (Phi) is 6.31. The lowest BCUT2D eigenvalue weighted by Gasteiger charge is -2.18. The van der Waals surface area contributed by atoms with Gasteiger partial charge >= 0.3 is 0 Å². The first kappa shape index (κ1) is 18.1. The SMILES string of the molecule is CCCCCOc1ccc(/C=C/C(=O)c2ccc3c(c2)OCCO3)cc1. The number of ether oxygens (including phenoxy) is 3. The molecule has 4 nitrogen and oxygen atoms in total. The Hall–Kier alpha value is -2.75. The predicted octanol–water partition coefficient (Wildman–Crippen LogP) is 4.92. The molecule has 0 saturated carbocycles. The fraction of sp³-hybridized carbons (Fsp3) is 0.318.